The van der Waals surface area contributed by atoms with Gasteiger partial charge in [0.2, 0.25) is 0 Å². The van der Waals surface area contributed by atoms with E-state index in [4.69, 9.17) is 5.11 Å². The monoisotopic (exact) mass is 228 g/mol. The minimum absolute atomic E-state index is 0.265. The van der Waals surface area contributed by atoms with Gasteiger partial charge in [-0.1, -0.05) is 13.8 Å². The molecule has 0 radical (unpaired) electrons. The summed E-state index contributed by atoms with van der Waals surface area (Å²) in [6.07, 6.45) is 0.998. The fourth-order valence-electron chi connectivity index (χ4n) is 2.21. The first-order valence-electron chi connectivity index (χ1n) is 6.18. The highest BCUT2D eigenvalue weighted by Gasteiger charge is 2.25. The standard InChI is InChI=1S/C12H24N2O2/c1-9(2)7-14-8-11(4-5-12(15)16)13-6-10(14)3/h9-11,13H,4-8H2,1-3H3,(H,15,16). The van der Waals surface area contributed by atoms with Crippen LogP contribution >= 0.6 is 0 Å². The smallest absolute Gasteiger partial charge is 0.303 e. The lowest BCUT2D eigenvalue weighted by molar-refractivity contribution is -0.137. The Kier molecular flexibility index (Phi) is 5.22. The number of rotatable bonds is 5. The Bertz CT molecular complexity index is 231. The van der Waals surface area contributed by atoms with Crippen LogP contribution in [-0.2, 0) is 4.79 Å². The number of aliphatic carboxylic acids is 1. The van der Waals surface area contributed by atoms with E-state index in [9.17, 15) is 4.79 Å². The number of piperazine rings is 1. The van der Waals surface area contributed by atoms with Crippen LogP contribution in [0.5, 0.6) is 0 Å². The van der Waals surface area contributed by atoms with Crippen LogP contribution in [0.15, 0.2) is 0 Å². The molecule has 0 aromatic rings. The molecule has 1 saturated heterocycles. The van der Waals surface area contributed by atoms with Gasteiger partial charge in [0.05, 0.1) is 0 Å². The van der Waals surface area contributed by atoms with Crippen LogP contribution in [0, 0.1) is 5.92 Å². The molecule has 1 heterocycles. The van der Waals surface area contributed by atoms with E-state index in [1.54, 1.807) is 0 Å². The maximum absolute atomic E-state index is 10.5. The molecule has 0 aromatic heterocycles. The SMILES string of the molecule is CC(C)CN1CC(CCC(=O)O)NCC1C. The average Bonchev–Trinajstić information content (AvgIpc) is 2.18. The number of carbonyl (C=O) groups is 1. The topological polar surface area (TPSA) is 52.6 Å². The first kappa shape index (κ1) is 13.5. The van der Waals surface area contributed by atoms with E-state index in [1.165, 1.54) is 0 Å². The fourth-order valence-corrected chi connectivity index (χ4v) is 2.21. The number of carboxylic acids is 1. The molecule has 1 aliphatic heterocycles. The first-order chi connectivity index (χ1) is 7.49. The van der Waals surface area contributed by atoms with Gasteiger partial charge in [-0.25, -0.2) is 0 Å². The first-order valence-corrected chi connectivity index (χ1v) is 6.18. The number of nitrogens with zero attached hydrogens (tertiary/aromatic N) is 1. The second kappa shape index (κ2) is 6.21. The highest BCUT2D eigenvalue weighted by Crippen LogP contribution is 2.12. The highest BCUT2D eigenvalue weighted by molar-refractivity contribution is 5.66. The van der Waals surface area contributed by atoms with Crippen molar-refractivity contribution in [3.63, 3.8) is 0 Å². The number of hydrogen-bond donors (Lipinski definition) is 2. The second-order valence-corrected chi connectivity index (χ2v) is 5.23. The van der Waals surface area contributed by atoms with Crippen molar-refractivity contribution in [3.05, 3.63) is 0 Å². The molecular formula is C12H24N2O2. The van der Waals surface area contributed by atoms with Crippen LogP contribution in [-0.4, -0.2) is 47.7 Å². The van der Waals surface area contributed by atoms with Gasteiger partial charge in [0.15, 0.2) is 0 Å². The second-order valence-electron chi connectivity index (χ2n) is 5.23. The summed E-state index contributed by atoms with van der Waals surface area (Å²) in [4.78, 5) is 13.0. The van der Waals surface area contributed by atoms with Crippen molar-refractivity contribution in [1.29, 1.82) is 0 Å². The normalized spacial score (nSPS) is 27.2. The van der Waals surface area contributed by atoms with Crippen molar-refractivity contribution in [1.82, 2.24) is 10.2 Å². The van der Waals surface area contributed by atoms with E-state index in [1.807, 2.05) is 0 Å². The molecule has 4 heteroatoms. The summed E-state index contributed by atoms with van der Waals surface area (Å²) in [6.45, 7) is 9.72. The summed E-state index contributed by atoms with van der Waals surface area (Å²) in [5.41, 5.74) is 0. The Morgan fingerprint density at radius 3 is 2.81 bits per heavy atom. The Labute approximate surface area is 98.0 Å². The van der Waals surface area contributed by atoms with Crippen LogP contribution in [0.1, 0.15) is 33.6 Å². The van der Waals surface area contributed by atoms with Gasteiger partial charge in [-0.15, -0.1) is 0 Å². The zero-order valence-corrected chi connectivity index (χ0v) is 10.6. The molecule has 16 heavy (non-hydrogen) atoms. The Balaban J connectivity index is 2.37. The van der Waals surface area contributed by atoms with E-state index < -0.39 is 5.97 Å². The predicted molar refractivity (Wildman–Crippen MR) is 64.5 cm³/mol. The van der Waals surface area contributed by atoms with Gasteiger partial charge >= 0.3 is 5.97 Å². The third kappa shape index (κ3) is 4.49. The van der Waals surface area contributed by atoms with Gasteiger partial charge in [-0.2, -0.15) is 0 Å². The zero-order chi connectivity index (χ0) is 12.1. The van der Waals surface area contributed by atoms with E-state index >= 15 is 0 Å². The summed E-state index contributed by atoms with van der Waals surface area (Å²) in [5, 5.41) is 12.1. The van der Waals surface area contributed by atoms with Gasteiger partial charge in [0.25, 0.3) is 0 Å². The van der Waals surface area contributed by atoms with Crippen molar-refractivity contribution in [2.24, 2.45) is 5.92 Å². The lowest BCUT2D eigenvalue weighted by Crippen LogP contribution is -2.56. The Hall–Kier alpha value is -0.610. The molecule has 2 N–H and O–H groups in total. The average molecular weight is 228 g/mol. The van der Waals surface area contributed by atoms with Gasteiger partial charge in [0.1, 0.15) is 0 Å². The van der Waals surface area contributed by atoms with Gasteiger partial charge in [-0.05, 0) is 19.3 Å². The van der Waals surface area contributed by atoms with Crippen LogP contribution in [0.25, 0.3) is 0 Å². The van der Waals surface area contributed by atoms with E-state index in [0.29, 0.717) is 18.0 Å². The minimum Gasteiger partial charge on any atom is -0.481 e. The summed E-state index contributed by atoms with van der Waals surface area (Å²) in [5.74, 6) is -0.0310. The largest absolute Gasteiger partial charge is 0.481 e. The third-order valence-electron chi connectivity index (χ3n) is 3.09. The van der Waals surface area contributed by atoms with Crippen LogP contribution in [0.4, 0.5) is 0 Å². The molecule has 1 aliphatic rings. The van der Waals surface area contributed by atoms with Gasteiger partial charge < -0.3 is 10.4 Å². The summed E-state index contributed by atoms with van der Waals surface area (Å²) in [6, 6.07) is 0.898. The molecule has 0 spiro atoms. The molecule has 0 aromatic carbocycles. The lowest BCUT2D eigenvalue weighted by atomic mass is 10.0. The van der Waals surface area contributed by atoms with Crippen LogP contribution in [0.3, 0.4) is 0 Å². The van der Waals surface area contributed by atoms with Crippen molar-refractivity contribution >= 4 is 5.97 Å². The molecule has 0 amide bonds. The zero-order valence-electron chi connectivity index (χ0n) is 10.6. The molecule has 0 saturated carbocycles. The van der Waals surface area contributed by atoms with E-state index in [2.05, 4.69) is 31.0 Å². The maximum atomic E-state index is 10.5. The molecule has 0 bridgehead atoms. The Morgan fingerprint density at radius 2 is 2.25 bits per heavy atom. The summed E-state index contributed by atoms with van der Waals surface area (Å²) < 4.78 is 0. The van der Waals surface area contributed by atoms with Gasteiger partial charge in [0, 0.05) is 38.1 Å². The van der Waals surface area contributed by atoms with Crippen LogP contribution in [0.2, 0.25) is 0 Å². The van der Waals surface area contributed by atoms with Crippen molar-refractivity contribution in [3.8, 4) is 0 Å². The quantitative estimate of drug-likeness (QED) is 0.741. The molecule has 2 unspecified atom stereocenters. The van der Waals surface area contributed by atoms with E-state index in [0.717, 1.165) is 26.1 Å². The van der Waals surface area contributed by atoms with Crippen molar-refractivity contribution in [2.45, 2.75) is 45.7 Å². The van der Waals surface area contributed by atoms with Gasteiger partial charge in [-0.3, -0.25) is 9.69 Å². The minimum atomic E-state index is -0.698. The molecule has 1 fully saturated rings. The summed E-state index contributed by atoms with van der Waals surface area (Å²) in [7, 11) is 0. The third-order valence-corrected chi connectivity index (χ3v) is 3.09. The molecule has 4 nitrogen and oxygen atoms in total. The van der Waals surface area contributed by atoms with Crippen molar-refractivity contribution in [2.75, 3.05) is 19.6 Å². The number of hydrogen-bond acceptors (Lipinski definition) is 3. The number of carboxylic acid groups (broad SMARTS) is 1. The molecular weight excluding hydrogens is 204 g/mol. The summed E-state index contributed by atoms with van der Waals surface area (Å²) >= 11 is 0. The predicted octanol–water partition coefficient (Wildman–Crippen LogP) is 1.17. The molecule has 0 aliphatic carbocycles. The lowest BCUT2D eigenvalue weighted by Gasteiger charge is -2.39. The fraction of sp³-hybridized carbons (Fsp3) is 0.917. The molecule has 1 rings (SSSR count). The van der Waals surface area contributed by atoms with Crippen molar-refractivity contribution < 1.29 is 9.90 Å². The van der Waals surface area contributed by atoms with Crippen LogP contribution < -0.4 is 5.32 Å². The highest BCUT2D eigenvalue weighted by atomic mass is 16.4. The van der Waals surface area contributed by atoms with E-state index in [-0.39, 0.29) is 6.42 Å². The maximum Gasteiger partial charge on any atom is 0.303 e. The Morgan fingerprint density at radius 1 is 1.56 bits per heavy atom. The molecule has 2 atom stereocenters. The molecule has 94 valence electrons. The number of nitrogens with one attached hydrogen (secondary N) is 1.